The van der Waals surface area contributed by atoms with Crippen molar-refractivity contribution in [1.29, 1.82) is 0 Å². The molecule has 1 aromatic heterocycles. The molecule has 7 heteroatoms. The molecule has 0 radical (unpaired) electrons. The number of thiophene rings is 1. The fourth-order valence-electron chi connectivity index (χ4n) is 3.18. The number of hydrogen-bond donors (Lipinski definition) is 0. The third kappa shape index (κ3) is 4.15. The monoisotopic (exact) mass is 450 g/mol. The highest BCUT2D eigenvalue weighted by molar-refractivity contribution is 7.21. The van der Waals surface area contributed by atoms with Crippen LogP contribution in [0.4, 0.5) is 8.78 Å². The summed E-state index contributed by atoms with van der Waals surface area (Å²) in [4.78, 5) is 25.3. The minimum absolute atomic E-state index is 0.134. The molecule has 0 aliphatic rings. The Hall–Kier alpha value is -3.84. The van der Waals surface area contributed by atoms with Gasteiger partial charge in [0.25, 0.3) is 0 Å². The van der Waals surface area contributed by atoms with Crippen molar-refractivity contribution >= 4 is 33.2 Å². The maximum Gasteiger partial charge on any atom is 0.335 e. The second kappa shape index (κ2) is 8.72. The zero-order chi connectivity index (χ0) is 22.8. The molecule has 3 aromatic carbocycles. The van der Waals surface area contributed by atoms with Crippen LogP contribution in [0.1, 0.15) is 20.8 Å². The lowest BCUT2D eigenvalue weighted by Gasteiger charge is -2.12. The van der Waals surface area contributed by atoms with E-state index in [-0.39, 0.29) is 27.9 Å². The summed E-state index contributed by atoms with van der Waals surface area (Å²) in [6, 6.07) is 14.4. The fourth-order valence-corrected chi connectivity index (χ4v) is 4.29. The van der Waals surface area contributed by atoms with Crippen molar-refractivity contribution in [3.05, 3.63) is 101 Å². The summed E-state index contributed by atoms with van der Waals surface area (Å²) >= 11 is 1.07. The van der Waals surface area contributed by atoms with Gasteiger partial charge in [-0.3, -0.25) is 4.79 Å². The summed E-state index contributed by atoms with van der Waals surface area (Å²) in [5.74, 6) is -1.45. The summed E-state index contributed by atoms with van der Waals surface area (Å²) in [6.07, 6.45) is 1.02. The van der Waals surface area contributed by atoms with Gasteiger partial charge in [-0.15, -0.1) is 11.3 Å². The van der Waals surface area contributed by atoms with E-state index in [1.165, 1.54) is 42.5 Å². The second-order valence-electron chi connectivity index (χ2n) is 6.86. The van der Waals surface area contributed by atoms with Crippen LogP contribution in [0.15, 0.2) is 73.3 Å². The molecule has 0 spiro atoms. The Labute approximate surface area is 186 Å². The summed E-state index contributed by atoms with van der Waals surface area (Å²) in [7, 11) is 0. The second-order valence-corrected chi connectivity index (χ2v) is 7.92. The number of benzene rings is 3. The molecule has 4 aromatic rings. The fraction of sp³-hybridized carbons (Fsp3) is 0.0400. The summed E-state index contributed by atoms with van der Waals surface area (Å²) < 4.78 is 39.2. The Morgan fingerprint density at radius 1 is 0.969 bits per heavy atom. The number of fused-ring (bicyclic) bond motifs is 1. The molecule has 0 saturated carbocycles. The minimum Gasteiger partial charge on any atom is -0.451 e. The number of carbonyl (C=O) groups is 2. The van der Waals surface area contributed by atoms with Gasteiger partial charge in [-0.1, -0.05) is 18.7 Å². The Bertz CT molecular complexity index is 1370. The summed E-state index contributed by atoms with van der Waals surface area (Å²) in [5.41, 5.74) is 0.763. The predicted molar refractivity (Wildman–Crippen MR) is 119 cm³/mol. The van der Waals surface area contributed by atoms with Gasteiger partial charge >= 0.3 is 5.97 Å². The number of esters is 1. The quantitative estimate of drug-likeness (QED) is 0.144. The van der Waals surface area contributed by atoms with Gasteiger partial charge in [-0.25, -0.2) is 13.6 Å². The van der Waals surface area contributed by atoms with E-state index >= 15 is 0 Å². The Morgan fingerprint density at radius 2 is 1.66 bits per heavy atom. The first-order valence-electron chi connectivity index (χ1n) is 9.51. The Morgan fingerprint density at radius 3 is 2.38 bits per heavy atom. The van der Waals surface area contributed by atoms with Crippen LogP contribution in [-0.2, 0) is 4.79 Å². The lowest BCUT2D eigenvalue weighted by Crippen LogP contribution is -2.05. The molecule has 1 heterocycles. The third-order valence-electron chi connectivity index (χ3n) is 4.68. The molecule has 0 amide bonds. The topological polar surface area (TPSA) is 52.6 Å². The number of ether oxygens (including phenoxy) is 2. The van der Waals surface area contributed by atoms with Crippen LogP contribution in [0, 0.1) is 18.6 Å². The number of hydrogen-bond acceptors (Lipinski definition) is 5. The van der Waals surface area contributed by atoms with Crippen LogP contribution < -0.4 is 9.47 Å². The molecular weight excluding hydrogens is 434 g/mol. The number of halogens is 2. The number of ketones is 1. The molecule has 0 atom stereocenters. The standard InChI is InChI=1S/C25H16F2O4S/c1-3-22(28)30-19-6-4-5-7-20(19)31-24-18-11-9-16(27)13-21(18)32-25(24)23(29)17-10-8-15(26)12-14(17)2/h3-13H,1H2,2H3. The zero-order valence-electron chi connectivity index (χ0n) is 16.9. The molecule has 0 unspecified atom stereocenters. The van der Waals surface area contributed by atoms with E-state index < -0.39 is 17.6 Å². The maximum atomic E-state index is 13.9. The van der Waals surface area contributed by atoms with Crippen molar-refractivity contribution in [3.8, 4) is 17.2 Å². The molecule has 0 saturated heterocycles. The van der Waals surface area contributed by atoms with Crippen LogP contribution in [0.2, 0.25) is 0 Å². The van der Waals surface area contributed by atoms with E-state index in [0.717, 1.165) is 17.4 Å². The van der Waals surface area contributed by atoms with Gasteiger partial charge in [0.05, 0.1) is 0 Å². The van der Waals surface area contributed by atoms with Crippen molar-refractivity contribution in [3.63, 3.8) is 0 Å². The summed E-state index contributed by atoms with van der Waals surface area (Å²) in [5, 5.41) is 0.518. The van der Waals surface area contributed by atoms with Crippen molar-refractivity contribution in [2.24, 2.45) is 0 Å². The molecule has 0 bridgehead atoms. The first-order chi connectivity index (χ1) is 15.4. The lowest BCUT2D eigenvalue weighted by molar-refractivity contribution is -0.129. The van der Waals surface area contributed by atoms with Crippen LogP contribution >= 0.6 is 11.3 Å². The lowest BCUT2D eigenvalue weighted by atomic mass is 10.0. The first kappa shape index (κ1) is 21.4. The first-order valence-corrected chi connectivity index (χ1v) is 10.3. The highest BCUT2D eigenvalue weighted by Crippen LogP contribution is 2.43. The highest BCUT2D eigenvalue weighted by Gasteiger charge is 2.24. The third-order valence-corrected chi connectivity index (χ3v) is 5.82. The highest BCUT2D eigenvalue weighted by atomic mass is 32.1. The molecule has 0 aliphatic heterocycles. The average molecular weight is 450 g/mol. The van der Waals surface area contributed by atoms with Gasteiger partial charge < -0.3 is 9.47 Å². The average Bonchev–Trinajstić information content (AvgIpc) is 3.12. The zero-order valence-corrected chi connectivity index (χ0v) is 17.7. The van der Waals surface area contributed by atoms with Crippen LogP contribution in [0.3, 0.4) is 0 Å². The van der Waals surface area contributed by atoms with E-state index in [1.54, 1.807) is 25.1 Å². The van der Waals surface area contributed by atoms with Crippen molar-refractivity contribution in [2.75, 3.05) is 0 Å². The molecular formula is C25H16F2O4S. The molecule has 0 fully saturated rings. The Kier molecular flexibility index (Phi) is 5.83. The van der Waals surface area contributed by atoms with Crippen molar-refractivity contribution in [2.45, 2.75) is 6.92 Å². The van der Waals surface area contributed by atoms with Crippen LogP contribution in [0.25, 0.3) is 10.1 Å². The molecule has 0 aliphatic carbocycles. The SMILES string of the molecule is C=CC(=O)Oc1ccccc1Oc1c(C(=O)c2ccc(F)cc2C)sc2cc(F)ccc12. The normalized spacial score (nSPS) is 10.7. The molecule has 160 valence electrons. The van der Waals surface area contributed by atoms with E-state index in [9.17, 15) is 18.4 Å². The van der Waals surface area contributed by atoms with Gasteiger partial charge in [0.1, 0.15) is 16.5 Å². The van der Waals surface area contributed by atoms with Crippen molar-refractivity contribution in [1.82, 2.24) is 0 Å². The van der Waals surface area contributed by atoms with E-state index in [2.05, 4.69) is 6.58 Å². The summed E-state index contributed by atoms with van der Waals surface area (Å²) in [6.45, 7) is 5.01. The van der Waals surface area contributed by atoms with Gasteiger partial charge in [0.2, 0.25) is 5.78 Å². The number of rotatable bonds is 6. The van der Waals surface area contributed by atoms with E-state index in [1.807, 2.05) is 0 Å². The molecule has 32 heavy (non-hydrogen) atoms. The molecule has 4 nitrogen and oxygen atoms in total. The van der Waals surface area contributed by atoms with Crippen LogP contribution in [0.5, 0.6) is 17.2 Å². The van der Waals surface area contributed by atoms with E-state index in [0.29, 0.717) is 21.2 Å². The number of carbonyl (C=O) groups excluding carboxylic acids is 2. The number of para-hydroxylation sites is 2. The minimum atomic E-state index is -0.670. The van der Waals surface area contributed by atoms with Gasteiger partial charge in [-0.2, -0.15) is 0 Å². The van der Waals surface area contributed by atoms with Gasteiger partial charge in [0, 0.05) is 21.7 Å². The predicted octanol–water partition coefficient (Wildman–Crippen LogP) is 6.60. The van der Waals surface area contributed by atoms with E-state index in [4.69, 9.17) is 9.47 Å². The largest absolute Gasteiger partial charge is 0.451 e. The molecule has 0 N–H and O–H groups in total. The van der Waals surface area contributed by atoms with Gasteiger partial charge in [-0.05, 0) is 61.0 Å². The molecule has 4 rings (SSSR count). The Balaban J connectivity index is 1.85. The smallest absolute Gasteiger partial charge is 0.335 e. The van der Waals surface area contributed by atoms with Crippen LogP contribution in [-0.4, -0.2) is 11.8 Å². The number of aryl methyl sites for hydroxylation is 1. The van der Waals surface area contributed by atoms with Crippen molar-refractivity contribution < 1.29 is 27.8 Å². The maximum absolute atomic E-state index is 13.9. The van der Waals surface area contributed by atoms with Gasteiger partial charge in [0.15, 0.2) is 17.2 Å².